The molecule has 0 spiro atoms. The van der Waals surface area contributed by atoms with Crippen molar-refractivity contribution in [3.05, 3.63) is 40.8 Å². The number of hydrogen-bond acceptors (Lipinski definition) is 6. The fourth-order valence-corrected chi connectivity index (χ4v) is 4.30. The van der Waals surface area contributed by atoms with Crippen molar-refractivity contribution in [2.75, 3.05) is 38.2 Å². The topological polar surface area (TPSA) is 48.9 Å². The molecule has 1 atom stereocenters. The highest BCUT2D eigenvalue weighted by Gasteiger charge is 2.27. The number of anilines is 2. The number of piperazine rings is 1. The number of nitrogens with one attached hydrogen (secondary N) is 2. The van der Waals surface area contributed by atoms with Gasteiger partial charge in [0, 0.05) is 37.2 Å². The van der Waals surface area contributed by atoms with Gasteiger partial charge in [0.25, 0.3) is 0 Å². The molecule has 1 aromatic carbocycles. The number of aryl methyl sites for hydroxylation is 1. The Kier molecular flexibility index (Phi) is 4.74. The summed E-state index contributed by atoms with van der Waals surface area (Å²) in [5.41, 5.74) is 3.27. The second-order valence-corrected chi connectivity index (χ2v) is 7.69. The predicted octanol–water partition coefficient (Wildman–Crippen LogP) is 3.50. The summed E-state index contributed by atoms with van der Waals surface area (Å²) in [5.74, 6) is 1.07. The number of hydrogen-bond donors (Lipinski definition) is 2. The Bertz CT molecular complexity index is 785. The summed E-state index contributed by atoms with van der Waals surface area (Å²) in [6, 6.07) is 10.8. The number of rotatable bonds is 3. The van der Waals surface area contributed by atoms with Crippen LogP contribution in [0.25, 0.3) is 0 Å². The summed E-state index contributed by atoms with van der Waals surface area (Å²) < 4.78 is 5.62. The standard InChI is InChI=1S/C19H24N4OS/c1-3-24-12-14-11-23(9-8-20-14)18-15-10-13(2)25-19(15)22-17-7-5-4-6-16(17)21-18/h4-7,10,14,20,22H,3,8-9,11-12H2,1-2H3. The number of nitrogens with zero attached hydrogens (tertiary/aromatic N) is 2. The molecule has 0 amide bonds. The highest BCUT2D eigenvalue weighted by atomic mass is 32.1. The molecule has 25 heavy (non-hydrogen) atoms. The van der Waals surface area contributed by atoms with Crippen LogP contribution in [0.15, 0.2) is 35.3 Å². The normalized spacial score (nSPS) is 19.5. The van der Waals surface area contributed by atoms with Gasteiger partial charge in [-0.05, 0) is 32.0 Å². The van der Waals surface area contributed by atoms with Crippen LogP contribution >= 0.6 is 11.3 Å². The highest BCUT2D eigenvalue weighted by Crippen LogP contribution is 2.39. The summed E-state index contributed by atoms with van der Waals surface area (Å²) >= 11 is 1.79. The van der Waals surface area contributed by atoms with Gasteiger partial charge in [-0.15, -0.1) is 11.3 Å². The minimum Gasteiger partial charge on any atom is -0.380 e. The summed E-state index contributed by atoms with van der Waals surface area (Å²) in [6.45, 7) is 8.51. The molecule has 0 bridgehead atoms. The SMILES string of the molecule is CCOCC1CN(C2=Nc3ccccc3Nc3sc(C)cc32)CCN1. The van der Waals surface area contributed by atoms with Gasteiger partial charge in [0.05, 0.1) is 23.5 Å². The van der Waals surface area contributed by atoms with Gasteiger partial charge < -0.3 is 20.3 Å². The summed E-state index contributed by atoms with van der Waals surface area (Å²) in [6.07, 6.45) is 0. The molecule has 1 unspecified atom stereocenters. The Morgan fingerprint density at radius 1 is 1.36 bits per heavy atom. The number of amidine groups is 1. The van der Waals surface area contributed by atoms with Gasteiger partial charge in [-0.2, -0.15) is 0 Å². The van der Waals surface area contributed by atoms with Crippen LogP contribution in [0, 0.1) is 6.92 Å². The molecule has 0 radical (unpaired) electrons. The van der Waals surface area contributed by atoms with E-state index in [-0.39, 0.29) is 0 Å². The van der Waals surface area contributed by atoms with Crippen molar-refractivity contribution in [3.63, 3.8) is 0 Å². The first-order valence-electron chi connectivity index (χ1n) is 8.86. The zero-order valence-corrected chi connectivity index (χ0v) is 15.5. The van der Waals surface area contributed by atoms with E-state index >= 15 is 0 Å². The van der Waals surface area contributed by atoms with Crippen molar-refractivity contribution in [2.45, 2.75) is 19.9 Å². The fourth-order valence-electron chi connectivity index (χ4n) is 3.38. The molecule has 5 nitrogen and oxygen atoms in total. The zero-order chi connectivity index (χ0) is 17.2. The summed E-state index contributed by atoms with van der Waals surface area (Å²) in [7, 11) is 0. The van der Waals surface area contributed by atoms with Gasteiger partial charge in [-0.1, -0.05) is 12.1 Å². The molecule has 1 saturated heterocycles. The van der Waals surface area contributed by atoms with Crippen LogP contribution < -0.4 is 10.6 Å². The van der Waals surface area contributed by atoms with Crippen molar-refractivity contribution in [1.29, 1.82) is 0 Å². The Balaban J connectivity index is 1.70. The van der Waals surface area contributed by atoms with Gasteiger partial charge in [0.15, 0.2) is 0 Å². The monoisotopic (exact) mass is 356 g/mol. The molecule has 3 heterocycles. The molecular weight excluding hydrogens is 332 g/mol. The van der Waals surface area contributed by atoms with Crippen LogP contribution in [0.1, 0.15) is 17.4 Å². The number of aliphatic imine (C=N–C) groups is 1. The minimum absolute atomic E-state index is 0.339. The van der Waals surface area contributed by atoms with Crippen molar-refractivity contribution in [1.82, 2.24) is 10.2 Å². The number of fused-ring (bicyclic) bond motifs is 2. The number of benzene rings is 1. The van der Waals surface area contributed by atoms with Crippen molar-refractivity contribution < 1.29 is 4.74 Å². The van der Waals surface area contributed by atoms with Gasteiger partial charge in [-0.25, -0.2) is 4.99 Å². The average Bonchev–Trinajstić information content (AvgIpc) is 2.91. The van der Waals surface area contributed by atoms with E-state index in [4.69, 9.17) is 9.73 Å². The van der Waals surface area contributed by atoms with E-state index in [1.807, 2.05) is 13.0 Å². The Morgan fingerprint density at radius 2 is 2.24 bits per heavy atom. The third-order valence-corrected chi connectivity index (χ3v) is 5.52. The lowest BCUT2D eigenvalue weighted by atomic mass is 10.1. The lowest BCUT2D eigenvalue weighted by Gasteiger charge is -2.35. The van der Waals surface area contributed by atoms with Gasteiger partial charge in [-0.3, -0.25) is 0 Å². The van der Waals surface area contributed by atoms with Gasteiger partial charge in [0.2, 0.25) is 0 Å². The number of ether oxygens (including phenoxy) is 1. The van der Waals surface area contributed by atoms with Gasteiger partial charge in [0.1, 0.15) is 10.8 Å². The molecule has 1 fully saturated rings. The molecule has 0 saturated carbocycles. The first-order valence-corrected chi connectivity index (χ1v) is 9.68. The van der Waals surface area contributed by atoms with Crippen molar-refractivity contribution >= 4 is 33.5 Å². The van der Waals surface area contributed by atoms with Crippen LogP contribution in [0.4, 0.5) is 16.4 Å². The third-order valence-electron chi connectivity index (χ3n) is 4.55. The smallest absolute Gasteiger partial charge is 0.139 e. The van der Waals surface area contributed by atoms with Crippen LogP contribution in [0.3, 0.4) is 0 Å². The van der Waals surface area contributed by atoms with Crippen molar-refractivity contribution in [2.24, 2.45) is 4.99 Å². The Hall–Kier alpha value is -1.89. The maximum absolute atomic E-state index is 5.62. The summed E-state index contributed by atoms with van der Waals surface area (Å²) in [4.78, 5) is 8.74. The van der Waals surface area contributed by atoms with Crippen LogP contribution in [-0.4, -0.2) is 49.6 Å². The largest absolute Gasteiger partial charge is 0.380 e. The molecule has 1 aromatic heterocycles. The van der Waals surface area contributed by atoms with Crippen LogP contribution in [-0.2, 0) is 4.74 Å². The second-order valence-electron chi connectivity index (χ2n) is 6.43. The molecule has 2 aromatic rings. The van der Waals surface area contributed by atoms with Crippen LogP contribution in [0.2, 0.25) is 0 Å². The van der Waals surface area contributed by atoms with E-state index in [0.29, 0.717) is 6.04 Å². The second kappa shape index (κ2) is 7.15. The molecule has 2 aliphatic heterocycles. The first kappa shape index (κ1) is 16.6. The van der Waals surface area contributed by atoms with Gasteiger partial charge >= 0.3 is 0 Å². The van der Waals surface area contributed by atoms with E-state index in [0.717, 1.165) is 50.1 Å². The molecule has 0 aliphatic carbocycles. The third kappa shape index (κ3) is 3.42. The molecule has 132 valence electrons. The molecular formula is C19H24N4OS. The minimum atomic E-state index is 0.339. The quantitative estimate of drug-likeness (QED) is 0.884. The Labute approximate surface area is 152 Å². The maximum atomic E-state index is 5.62. The summed E-state index contributed by atoms with van der Waals surface area (Å²) in [5, 5.41) is 8.31. The van der Waals surface area contributed by atoms with E-state index in [2.05, 4.69) is 46.7 Å². The van der Waals surface area contributed by atoms with E-state index in [9.17, 15) is 0 Å². The van der Waals surface area contributed by atoms with E-state index in [1.165, 1.54) is 15.4 Å². The number of para-hydroxylation sites is 2. The van der Waals surface area contributed by atoms with Crippen LogP contribution in [0.5, 0.6) is 0 Å². The molecule has 2 N–H and O–H groups in total. The lowest BCUT2D eigenvalue weighted by Crippen LogP contribution is -2.54. The zero-order valence-electron chi connectivity index (χ0n) is 14.7. The van der Waals surface area contributed by atoms with E-state index in [1.54, 1.807) is 11.3 Å². The number of thiophene rings is 1. The average molecular weight is 356 g/mol. The first-order chi connectivity index (χ1) is 12.2. The lowest BCUT2D eigenvalue weighted by molar-refractivity contribution is 0.105. The highest BCUT2D eigenvalue weighted by molar-refractivity contribution is 7.16. The van der Waals surface area contributed by atoms with E-state index < -0.39 is 0 Å². The molecule has 4 rings (SSSR count). The molecule has 6 heteroatoms. The Morgan fingerprint density at radius 3 is 3.12 bits per heavy atom. The van der Waals surface area contributed by atoms with Crippen molar-refractivity contribution in [3.8, 4) is 0 Å². The maximum Gasteiger partial charge on any atom is 0.139 e. The fraction of sp³-hybridized carbons (Fsp3) is 0.421. The molecule has 2 aliphatic rings. The predicted molar refractivity (Wildman–Crippen MR) is 105 cm³/mol.